The SMILES string of the molecule is Cc1ccccc1NC(=O)CN1C(=O)/C(=C/c2cccc(Br)c2)SC1=S. The van der Waals surface area contributed by atoms with E-state index >= 15 is 0 Å². The van der Waals surface area contributed by atoms with Crippen LogP contribution in [0.2, 0.25) is 0 Å². The van der Waals surface area contributed by atoms with Crippen molar-refractivity contribution in [3.63, 3.8) is 0 Å². The van der Waals surface area contributed by atoms with E-state index in [-0.39, 0.29) is 18.4 Å². The van der Waals surface area contributed by atoms with Crippen LogP contribution in [-0.2, 0) is 9.59 Å². The first-order valence-corrected chi connectivity index (χ1v) is 9.82. The minimum absolute atomic E-state index is 0.102. The lowest BCUT2D eigenvalue weighted by atomic mass is 10.2. The summed E-state index contributed by atoms with van der Waals surface area (Å²) in [6, 6.07) is 15.1. The zero-order valence-electron chi connectivity index (χ0n) is 13.9. The Balaban J connectivity index is 1.71. The lowest BCUT2D eigenvalue weighted by Crippen LogP contribution is -2.36. The van der Waals surface area contributed by atoms with Crippen molar-refractivity contribution in [2.45, 2.75) is 6.92 Å². The molecule has 0 atom stereocenters. The number of nitrogens with zero attached hydrogens (tertiary/aromatic N) is 1. The lowest BCUT2D eigenvalue weighted by Gasteiger charge is -2.15. The largest absolute Gasteiger partial charge is 0.324 e. The van der Waals surface area contributed by atoms with Crippen LogP contribution in [0, 0.1) is 6.92 Å². The number of carbonyl (C=O) groups is 2. The van der Waals surface area contributed by atoms with Crippen LogP contribution in [0.4, 0.5) is 5.69 Å². The molecule has 1 heterocycles. The smallest absolute Gasteiger partial charge is 0.266 e. The molecular weight excluding hydrogens is 432 g/mol. The first-order chi connectivity index (χ1) is 12.4. The van der Waals surface area contributed by atoms with Gasteiger partial charge in [-0.15, -0.1) is 0 Å². The molecule has 0 spiro atoms. The van der Waals surface area contributed by atoms with Gasteiger partial charge >= 0.3 is 0 Å². The number of para-hydroxylation sites is 1. The Morgan fingerprint density at radius 1 is 1.27 bits per heavy atom. The highest BCUT2D eigenvalue weighted by molar-refractivity contribution is 9.10. The highest BCUT2D eigenvalue weighted by Crippen LogP contribution is 2.32. The molecule has 0 radical (unpaired) electrons. The van der Waals surface area contributed by atoms with Crippen molar-refractivity contribution >= 4 is 67.8 Å². The van der Waals surface area contributed by atoms with Crippen molar-refractivity contribution in [2.24, 2.45) is 0 Å². The van der Waals surface area contributed by atoms with Crippen LogP contribution in [-0.4, -0.2) is 27.6 Å². The van der Waals surface area contributed by atoms with Gasteiger partial charge in [0.05, 0.1) is 4.91 Å². The Labute approximate surface area is 169 Å². The number of rotatable bonds is 4. The maximum atomic E-state index is 12.6. The summed E-state index contributed by atoms with van der Waals surface area (Å²) >= 11 is 9.90. The summed E-state index contributed by atoms with van der Waals surface area (Å²) in [7, 11) is 0. The number of hydrogen-bond donors (Lipinski definition) is 1. The first kappa shape index (κ1) is 18.8. The molecule has 1 N–H and O–H groups in total. The van der Waals surface area contributed by atoms with Crippen molar-refractivity contribution < 1.29 is 9.59 Å². The number of aryl methyl sites for hydroxylation is 1. The number of thioether (sulfide) groups is 1. The Morgan fingerprint density at radius 3 is 2.77 bits per heavy atom. The maximum Gasteiger partial charge on any atom is 0.266 e. The fourth-order valence-electron chi connectivity index (χ4n) is 2.43. The molecule has 1 fully saturated rings. The van der Waals surface area contributed by atoms with E-state index in [0.29, 0.717) is 9.23 Å². The van der Waals surface area contributed by atoms with E-state index < -0.39 is 0 Å². The van der Waals surface area contributed by atoms with Crippen LogP contribution >= 0.6 is 39.9 Å². The van der Waals surface area contributed by atoms with E-state index in [4.69, 9.17) is 12.2 Å². The molecule has 0 saturated carbocycles. The van der Waals surface area contributed by atoms with Crippen molar-refractivity contribution in [1.29, 1.82) is 0 Å². The zero-order valence-corrected chi connectivity index (χ0v) is 17.1. The number of halogens is 1. The third kappa shape index (κ3) is 4.41. The van der Waals surface area contributed by atoms with Crippen molar-refractivity contribution in [2.75, 3.05) is 11.9 Å². The lowest BCUT2D eigenvalue weighted by molar-refractivity contribution is -0.126. The summed E-state index contributed by atoms with van der Waals surface area (Å²) in [6.07, 6.45) is 1.78. The van der Waals surface area contributed by atoms with Gasteiger partial charge in [0.2, 0.25) is 5.91 Å². The summed E-state index contributed by atoms with van der Waals surface area (Å²) in [4.78, 5) is 26.8. The number of anilines is 1. The van der Waals surface area contributed by atoms with Gasteiger partial charge in [-0.05, 0) is 42.3 Å². The molecule has 1 saturated heterocycles. The molecule has 0 bridgehead atoms. The quantitative estimate of drug-likeness (QED) is 0.550. The molecular formula is C19H15BrN2O2S2. The van der Waals surface area contributed by atoms with Gasteiger partial charge in [-0.25, -0.2) is 0 Å². The van der Waals surface area contributed by atoms with Gasteiger partial charge in [-0.1, -0.05) is 70.2 Å². The molecule has 2 amide bonds. The van der Waals surface area contributed by atoms with Gasteiger partial charge in [0.25, 0.3) is 5.91 Å². The number of amides is 2. The molecule has 132 valence electrons. The number of thiocarbonyl (C=S) groups is 1. The summed E-state index contributed by atoms with van der Waals surface area (Å²) in [6.45, 7) is 1.81. The molecule has 3 rings (SSSR count). The van der Waals surface area contributed by atoms with Crippen LogP contribution in [0.3, 0.4) is 0 Å². The average molecular weight is 447 g/mol. The van der Waals surface area contributed by atoms with E-state index in [1.165, 1.54) is 16.7 Å². The van der Waals surface area contributed by atoms with Gasteiger partial charge in [0.1, 0.15) is 10.9 Å². The number of carbonyl (C=O) groups excluding carboxylic acids is 2. The molecule has 26 heavy (non-hydrogen) atoms. The summed E-state index contributed by atoms with van der Waals surface area (Å²) in [5, 5.41) is 2.82. The highest BCUT2D eigenvalue weighted by Gasteiger charge is 2.33. The molecule has 0 aliphatic carbocycles. The third-order valence-corrected chi connectivity index (χ3v) is 5.61. The average Bonchev–Trinajstić information content (AvgIpc) is 2.84. The second-order valence-electron chi connectivity index (χ2n) is 5.69. The summed E-state index contributed by atoms with van der Waals surface area (Å²) < 4.78 is 1.32. The van der Waals surface area contributed by atoms with Crippen LogP contribution in [0.1, 0.15) is 11.1 Å². The van der Waals surface area contributed by atoms with Gasteiger partial charge in [-0.3, -0.25) is 14.5 Å². The molecule has 0 aromatic heterocycles. The molecule has 0 unspecified atom stereocenters. The molecule has 1 aliphatic rings. The maximum absolute atomic E-state index is 12.6. The van der Waals surface area contributed by atoms with Crippen LogP contribution in [0.25, 0.3) is 6.08 Å². The predicted octanol–water partition coefficient (Wildman–Crippen LogP) is 4.60. The van der Waals surface area contributed by atoms with Crippen LogP contribution in [0.15, 0.2) is 57.9 Å². The summed E-state index contributed by atoms with van der Waals surface area (Å²) in [5.41, 5.74) is 2.58. The topological polar surface area (TPSA) is 49.4 Å². The summed E-state index contributed by atoms with van der Waals surface area (Å²) in [5.74, 6) is -0.529. The molecule has 4 nitrogen and oxygen atoms in total. The van der Waals surface area contributed by atoms with Crippen LogP contribution < -0.4 is 5.32 Å². The van der Waals surface area contributed by atoms with Gasteiger partial charge < -0.3 is 5.32 Å². The van der Waals surface area contributed by atoms with E-state index in [9.17, 15) is 9.59 Å². The van der Waals surface area contributed by atoms with Crippen molar-refractivity contribution in [1.82, 2.24) is 4.90 Å². The van der Waals surface area contributed by atoms with Crippen LogP contribution in [0.5, 0.6) is 0 Å². The fourth-order valence-corrected chi connectivity index (χ4v) is 4.10. The minimum Gasteiger partial charge on any atom is -0.324 e. The standard InChI is InChI=1S/C19H15BrN2O2S2/c1-12-5-2-3-8-15(12)21-17(23)11-22-18(24)16(26-19(22)25)10-13-6-4-7-14(20)9-13/h2-10H,11H2,1H3,(H,21,23)/b16-10-. The van der Waals surface area contributed by atoms with E-state index in [1.54, 1.807) is 6.08 Å². The second kappa shape index (κ2) is 8.16. The Morgan fingerprint density at radius 2 is 2.04 bits per heavy atom. The second-order valence-corrected chi connectivity index (χ2v) is 8.28. The zero-order chi connectivity index (χ0) is 18.7. The monoisotopic (exact) mass is 446 g/mol. The van der Waals surface area contributed by atoms with Gasteiger partial charge in [0, 0.05) is 10.2 Å². The highest BCUT2D eigenvalue weighted by atomic mass is 79.9. The molecule has 1 aliphatic heterocycles. The fraction of sp³-hybridized carbons (Fsp3) is 0.105. The van der Waals surface area contributed by atoms with Crippen molar-refractivity contribution in [3.8, 4) is 0 Å². The van der Waals surface area contributed by atoms with E-state index in [2.05, 4.69) is 21.2 Å². The normalized spacial score (nSPS) is 15.6. The Hall–Kier alpha value is -1.96. The van der Waals surface area contributed by atoms with E-state index in [1.807, 2.05) is 55.5 Å². The third-order valence-electron chi connectivity index (χ3n) is 3.74. The first-order valence-electron chi connectivity index (χ1n) is 7.80. The Bertz CT molecular complexity index is 927. The Kier molecular flexibility index (Phi) is 5.90. The number of nitrogens with one attached hydrogen (secondary N) is 1. The van der Waals surface area contributed by atoms with Crippen molar-refractivity contribution in [3.05, 3.63) is 69.0 Å². The van der Waals surface area contributed by atoms with E-state index in [0.717, 1.165) is 21.3 Å². The molecule has 2 aromatic rings. The minimum atomic E-state index is -0.278. The molecule has 7 heteroatoms. The van der Waals surface area contributed by atoms with Gasteiger partial charge in [0.15, 0.2) is 0 Å². The van der Waals surface area contributed by atoms with Gasteiger partial charge in [-0.2, -0.15) is 0 Å². The number of benzene rings is 2. The predicted molar refractivity (Wildman–Crippen MR) is 114 cm³/mol. The number of hydrogen-bond acceptors (Lipinski definition) is 4. The molecule has 2 aromatic carbocycles.